The molecule has 6 heteroatoms. The third-order valence-electron chi connectivity index (χ3n) is 4.27. The predicted octanol–water partition coefficient (Wildman–Crippen LogP) is 5.74. The highest BCUT2D eigenvalue weighted by Gasteiger charge is 2.19. The zero-order valence-corrected chi connectivity index (χ0v) is 17.9. The number of rotatable bonds is 17. The van der Waals surface area contributed by atoms with Crippen LogP contribution in [0.1, 0.15) is 111 Å². The maximum atomic E-state index is 11.4. The van der Waals surface area contributed by atoms with Crippen molar-refractivity contribution < 1.29 is 23.1 Å². The summed E-state index contributed by atoms with van der Waals surface area (Å²) in [5.74, 6) is -0.893. The molecule has 0 aromatic rings. The number of hydrogen-bond donors (Lipinski definition) is 2. The first-order valence-corrected chi connectivity index (χ1v) is 11.7. The number of hydrogen-bond acceptors (Lipinski definition) is 5. The number of unbranched alkanes of at least 4 members (excludes halogenated alkanes) is 10. The van der Waals surface area contributed by atoms with Gasteiger partial charge in [-0.25, -0.2) is 0 Å². The van der Waals surface area contributed by atoms with Crippen molar-refractivity contribution in [2.24, 2.45) is 0 Å². The molecule has 26 heavy (non-hydrogen) atoms. The topological polar surface area (TPSA) is 72.8 Å². The average Bonchev–Trinajstić information content (AvgIpc) is 2.64. The molecule has 1 unspecified atom stereocenters. The van der Waals surface area contributed by atoms with Crippen molar-refractivity contribution in [2.45, 2.75) is 116 Å². The summed E-state index contributed by atoms with van der Waals surface area (Å²) in [6.45, 7) is 5.59. The van der Waals surface area contributed by atoms with Crippen LogP contribution in [0.2, 0.25) is 0 Å². The van der Waals surface area contributed by atoms with Crippen molar-refractivity contribution in [1.82, 2.24) is 0 Å². The molecule has 156 valence electrons. The maximum absolute atomic E-state index is 11.4. The summed E-state index contributed by atoms with van der Waals surface area (Å²) in [5, 5.41) is 10.2. The predicted molar refractivity (Wildman–Crippen MR) is 109 cm³/mol. The fraction of sp³-hybridized carbons (Fsp3) is 0.900. The van der Waals surface area contributed by atoms with Crippen molar-refractivity contribution in [3.05, 3.63) is 0 Å². The smallest absolute Gasteiger partial charge is 0.328 e. The molecule has 0 heterocycles. The van der Waals surface area contributed by atoms with E-state index in [0.717, 1.165) is 19.3 Å². The number of aliphatic hydroxyl groups is 1. The van der Waals surface area contributed by atoms with E-state index >= 15 is 0 Å². The Morgan fingerprint density at radius 2 is 1.12 bits per heavy atom. The minimum absolute atomic E-state index is 0.202. The Balaban J connectivity index is 3.82. The highest BCUT2D eigenvalue weighted by atomic mass is 32.2. The molecule has 0 aliphatic heterocycles. The third kappa shape index (κ3) is 14.4. The summed E-state index contributed by atoms with van der Waals surface area (Å²) < 4.78 is 10.2. The highest BCUT2D eigenvalue weighted by Crippen LogP contribution is 2.36. The van der Waals surface area contributed by atoms with Crippen LogP contribution in [0.25, 0.3) is 0 Å². The minimum atomic E-state index is -1.89. The second-order valence-electron chi connectivity index (χ2n) is 6.72. The van der Waals surface area contributed by atoms with Crippen LogP contribution in [0.4, 0.5) is 0 Å². The molecule has 1 atom stereocenters. The van der Waals surface area contributed by atoms with Crippen LogP contribution in [0.5, 0.6) is 0 Å². The standard InChI is InChI=1S/C20H40O5S/c1-4-7-8-9-10-11-12-13-14-15-16-17-20(23)26(24-18(21)5-2)25-19(22)6-3/h20,23,26H,4-17H2,1-3H3. The van der Waals surface area contributed by atoms with Gasteiger partial charge < -0.3 is 13.5 Å². The second kappa shape index (κ2) is 17.7. The Morgan fingerprint density at radius 1 is 0.731 bits per heavy atom. The summed E-state index contributed by atoms with van der Waals surface area (Å²) in [6.07, 6.45) is 14.5. The van der Waals surface area contributed by atoms with E-state index < -0.39 is 28.8 Å². The Hall–Kier alpha value is -0.750. The van der Waals surface area contributed by atoms with Gasteiger partial charge >= 0.3 is 11.9 Å². The van der Waals surface area contributed by atoms with Gasteiger partial charge in [0.25, 0.3) is 0 Å². The van der Waals surface area contributed by atoms with Crippen LogP contribution in [-0.4, -0.2) is 22.5 Å². The quantitative estimate of drug-likeness (QED) is 0.244. The summed E-state index contributed by atoms with van der Waals surface area (Å²) in [6, 6.07) is 0. The van der Waals surface area contributed by atoms with E-state index in [-0.39, 0.29) is 12.8 Å². The van der Waals surface area contributed by atoms with E-state index in [1.54, 1.807) is 13.8 Å². The third-order valence-corrected chi connectivity index (χ3v) is 5.78. The van der Waals surface area contributed by atoms with E-state index in [9.17, 15) is 14.7 Å². The Kier molecular flexibility index (Phi) is 17.1. The lowest BCUT2D eigenvalue weighted by molar-refractivity contribution is -0.136. The maximum Gasteiger partial charge on any atom is 0.328 e. The molecule has 0 aromatic carbocycles. The van der Waals surface area contributed by atoms with Gasteiger partial charge in [-0.3, -0.25) is 9.59 Å². The summed E-state index contributed by atoms with van der Waals surface area (Å²) >= 11 is -1.89. The first kappa shape index (κ1) is 25.2. The molecule has 0 bridgehead atoms. The molecular formula is C20H40O5S. The number of carbonyl (C=O) groups excluding carboxylic acids is 2. The molecule has 0 aliphatic carbocycles. The lowest BCUT2D eigenvalue weighted by Crippen LogP contribution is -2.17. The molecule has 5 nitrogen and oxygen atoms in total. The monoisotopic (exact) mass is 392 g/mol. The SMILES string of the molecule is CCCCCCCCCCCCCC(O)[SH](OC(=O)CC)OC(=O)CC. The second-order valence-corrected chi connectivity index (χ2v) is 8.26. The minimum Gasteiger partial charge on any atom is -0.372 e. The average molecular weight is 393 g/mol. The molecule has 1 N–H and O–H groups in total. The van der Waals surface area contributed by atoms with Crippen molar-refractivity contribution in [3.63, 3.8) is 0 Å². The summed E-state index contributed by atoms with van der Waals surface area (Å²) in [7, 11) is 0. The molecule has 0 spiro atoms. The molecule has 0 saturated heterocycles. The fourth-order valence-corrected chi connectivity index (χ4v) is 3.90. The van der Waals surface area contributed by atoms with E-state index in [1.165, 1.54) is 51.4 Å². The van der Waals surface area contributed by atoms with Crippen molar-refractivity contribution in [3.8, 4) is 0 Å². The van der Waals surface area contributed by atoms with Gasteiger partial charge in [-0.05, 0) is 12.8 Å². The molecule has 0 aliphatic rings. The first-order valence-electron chi connectivity index (χ1n) is 10.4. The molecule has 0 radical (unpaired) electrons. The van der Waals surface area contributed by atoms with Gasteiger partial charge in [-0.2, -0.15) is 0 Å². The van der Waals surface area contributed by atoms with Crippen LogP contribution in [-0.2, 0) is 18.0 Å². The van der Waals surface area contributed by atoms with Gasteiger partial charge in [0.1, 0.15) is 0 Å². The van der Waals surface area contributed by atoms with Gasteiger partial charge in [0.15, 0.2) is 5.44 Å². The van der Waals surface area contributed by atoms with E-state index in [2.05, 4.69) is 6.92 Å². The van der Waals surface area contributed by atoms with Crippen LogP contribution < -0.4 is 0 Å². The lowest BCUT2D eigenvalue weighted by Gasteiger charge is -2.28. The highest BCUT2D eigenvalue weighted by molar-refractivity contribution is 8.09. The number of carbonyl (C=O) groups is 2. The first-order chi connectivity index (χ1) is 12.5. The molecular weight excluding hydrogens is 352 g/mol. The van der Waals surface area contributed by atoms with Crippen LogP contribution in [0, 0.1) is 0 Å². The summed E-state index contributed by atoms with van der Waals surface area (Å²) in [4.78, 5) is 22.9. The molecule has 0 rings (SSSR count). The lowest BCUT2D eigenvalue weighted by atomic mass is 10.1. The Bertz CT molecular complexity index is 344. The van der Waals surface area contributed by atoms with Gasteiger partial charge in [0, 0.05) is 12.8 Å². The zero-order valence-electron chi connectivity index (χ0n) is 17.0. The van der Waals surface area contributed by atoms with Gasteiger partial charge in [-0.1, -0.05) is 96.4 Å². The number of aliphatic hydroxyl groups excluding tert-OH is 1. The molecule has 0 amide bonds. The summed E-state index contributed by atoms with van der Waals surface area (Å²) in [5.41, 5.74) is -0.894. The van der Waals surface area contributed by atoms with Gasteiger partial charge in [0.05, 0.1) is 0 Å². The Labute approximate surface area is 163 Å². The van der Waals surface area contributed by atoms with Crippen molar-refractivity contribution in [1.29, 1.82) is 0 Å². The van der Waals surface area contributed by atoms with Crippen LogP contribution in [0.3, 0.4) is 0 Å². The van der Waals surface area contributed by atoms with Gasteiger partial charge in [-0.15, -0.1) is 0 Å². The van der Waals surface area contributed by atoms with Crippen LogP contribution in [0.15, 0.2) is 0 Å². The largest absolute Gasteiger partial charge is 0.372 e. The fourth-order valence-electron chi connectivity index (χ4n) is 2.57. The van der Waals surface area contributed by atoms with Crippen molar-refractivity contribution in [2.75, 3.05) is 0 Å². The van der Waals surface area contributed by atoms with E-state index in [1.807, 2.05) is 0 Å². The van der Waals surface area contributed by atoms with E-state index in [0.29, 0.717) is 6.42 Å². The zero-order chi connectivity index (χ0) is 19.6. The Morgan fingerprint density at radius 3 is 1.50 bits per heavy atom. The van der Waals surface area contributed by atoms with Crippen LogP contribution >= 0.6 is 11.5 Å². The van der Waals surface area contributed by atoms with Gasteiger partial charge in [0.2, 0.25) is 0 Å². The van der Waals surface area contributed by atoms with E-state index in [4.69, 9.17) is 8.37 Å². The molecule has 0 fully saturated rings. The normalized spacial score (nSPS) is 12.5. The molecule has 0 aromatic heterocycles. The van der Waals surface area contributed by atoms with Crippen molar-refractivity contribution >= 4 is 23.4 Å². The molecule has 0 saturated carbocycles. The number of thiol groups is 1.